The molecule has 20 heavy (non-hydrogen) atoms. The summed E-state index contributed by atoms with van der Waals surface area (Å²) in [5.41, 5.74) is 2.10. The molecule has 4 heteroatoms. The van der Waals surface area contributed by atoms with Gasteiger partial charge in [-0.1, -0.05) is 24.6 Å². The minimum atomic E-state index is 0.233. The van der Waals surface area contributed by atoms with E-state index >= 15 is 0 Å². The molecule has 1 unspecified atom stereocenters. The fourth-order valence-corrected chi connectivity index (χ4v) is 2.09. The van der Waals surface area contributed by atoms with Crippen LogP contribution in [0.2, 0.25) is 5.02 Å². The molecule has 1 heterocycles. The van der Waals surface area contributed by atoms with Crippen LogP contribution < -0.4 is 10.1 Å². The molecule has 2 rings (SSSR count). The molecular formula is C16H19ClN2O. The molecule has 1 N–H and O–H groups in total. The summed E-state index contributed by atoms with van der Waals surface area (Å²) in [4.78, 5) is 4.41. The number of rotatable bonds is 5. The Labute approximate surface area is 124 Å². The van der Waals surface area contributed by atoms with Crippen LogP contribution in [0, 0.1) is 6.92 Å². The zero-order valence-corrected chi connectivity index (χ0v) is 12.7. The second kappa shape index (κ2) is 6.73. The van der Waals surface area contributed by atoms with Gasteiger partial charge in [-0.25, -0.2) is 0 Å². The van der Waals surface area contributed by atoms with E-state index in [-0.39, 0.29) is 6.04 Å². The summed E-state index contributed by atoms with van der Waals surface area (Å²) in [6.07, 6.45) is 1.72. The molecule has 1 aromatic heterocycles. The average molecular weight is 291 g/mol. The standard InChI is InChI=1S/C16H19ClN2O/c1-4-18-12(3)15-8-6-13(10-19-15)20-16-9-11(2)5-7-14(16)17/h5-10,12,18H,4H2,1-3H3. The van der Waals surface area contributed by atoms with Crippen molar-refractivity contribution in [2.45, 2.75) is 26.8 Å². The fraction of sp³-hybridized carbons (Fsp3) is 0.312. The minimum absolute atomic E-state index is 0.233. The van der Waals surface area contributed by atoms with Gasteiger partial charge in [0, 0.05) is 6.04 Å². The van der Waals surface area contributed by atoms with Gasteiger partial charge in [-0.2, -0.15) is 0 Å². The van der Waals surface area contributed by atoms with Crippen molar-refractivity contribution in [1.82, 2.24) is 10.3 Å². The van der Waals surface area contributed by atoms with Crippen molar-refractivity contribution in [2.24, 2.45) is 0 Å². The fourth-order valence-electron chi connectivity index (χ4n) is 1.93. The van der Waals surface area contributed by atoms with Gasteiger partial charge >= 0.3 is 0 Å². The number of benzene rings is 1. The maximum Gasteiger partial charge on any atom is 0.146 e. The first-order valence-corrected chi connectivity index (χ1v) is 7.11. The highest BCUT2D eigenvalue weighted by molar-refractivity contribution is 6.32. The lowest BCUT2D eigenvalue weighted by Gasteiger charge is -2.13. The van der Waals surface area contributed by atoms with Crippen LogP contribution >= 0.6 is 11.6 Å². The molecule has 0 radical (unpaired) electrons. The number of aromatic nitrogens is 1. The van der Waals surface area contributed by atoms with Gasteiger partial charge in [0.1, 0.15) is 11.5 Å². The second-order valence-electron chi connectivity index (χ2n) is 4.73. The lowest BCUT2D eigenvalue weighted by Crippen LogP contribution is -2.18. The number of halogens is 1. The molecule has 0 saturated heterocycles. The first-order chi connectivity index (χ1) is 9.60. The highest BCUT2D eigenvalue weighted by Crippen LogP contribution is 2.30. The van der Waals surface area contributed by atoms with E-state index in [0.29, 0.717) is 16.5 Å². The lowest BCUT2D eigenvalue weighted by molar-refractivity contribution is 0.478. The molecule has 1 aromatic carbocycles. The summed E-state index contributed by atoms with van der Waals surface area (Å²) in [5.74, 6) is 1.34. The van der Waals surface area contributed by atoms with Crippen LogP contribution in [0.5, 0.6) is 11.5 Å². The van der Waals surface area contributed by atoms with Gasteiger partial charge < -0.3 is 10.1 Å². The van der Waals surface area contributed by atoms with Crippen molar-refractivity contribution in [3.05, 3.63) is 52.8 Å². The smallest absolute Gasteiger partial charge is 0.146 e. The van der Waals surface area contributed by atoms with Gasteiger partial charge in [-0.05, 0) is 50.2 Å². The van der Waals surface area contributed by atoms with E-state index in [1.807, 2.05) is 37.3 Å². The summed E-state index contributed by atoms with van der Waals surface area (Å²) in [6.45, 7) is 7.08. The normalized spacial score (nSPS) is 12.2. The molecule has 0 aliphatic rings. The Kier molecular flexibility index (Phi) is 4.99. The van der Waals surface area contributed by atoms with E-state index < -0.39 is 0 Å². The third kappa shape index (κ3) is 3.71. The molecule has 1 atom stereocenters. The largest absolute Gasteiger partial charge is 0.454 e. The first-order valence-electron chi connectivity index (χ1n) is 6.73. The molecule has 0 aliphatic heterocycles. The van der Waals surface area contributed by atoms with Crippen molar-refractivity contribution < 1.29 is 4.74 Å². The first kappa shape index (κ1) is 14.8. The van der Waals surface area contributed by atoms with Gasteiger partial charge in [0.25, 0.3) is 0 Å². The summed E-state index contributed by atoms with van der Waals surface area (Å²) < 4.78 is 5.77. The van der Waals surface area contributed by atoms with E-state index in [0.717, 1.165) is 17.8 Å². The van der Waals surface area contributed by atoms with Crippen molar-refractivity contribution in [3.8, 4) is 11.5 Å². The molecular weight excluding hydrogens is 272 g/mol. The molecule has 0 saturated carbocycles. The summed E-state index contributed by atoms with van der Waals surface area (Å²) in [7, 11) is 0. The SMILES string of the molecule is CCNC(C)c1ccc(Oc2cc(C)ccc2Cl)cn1. The molecule has 106 valence electrons. The quantitative estimate of drug-likeness (QED) is 0.880. The molecule has 3 nitrogen and oxygen atoms in total. The van der Waals surface area contributed by atoms with E-state index in [4.69, 9.17) is 16.3 Å². The Bertz CT molecular complexity index is 569. The number of nitrogens with one attached hydrogen (secondary N) is 1. The zero-order valence-electron chi connectivity index (χ0n) is 12.0. The molecule has 0 spiro atoms. The molecule has 2 aromatic rings. The van der Waals surface area contributed by atoms with E-state index in [2.05, 4.69) is 24.1 Å². The molecule has 0 amide bonds. The van der Waals surface area contributed by atoms with Crippen molar-refractivity contribution >= 4 is 11.6 Å². The number of pyridine rings is 1. The zero-order chi connectivity index (χ0) is 14.5. The number of hydrogen-bond donors (Lipinski definition) is 1. The van der Waals surface area contributed by atoms with Crippen LogP contribution in [0.15, 0.2) is 36.5 Å². The third-order valence-corrected chi connectivity index (χ3v) is 3.34. The predicted molar refractivity (Wildman–Crippen MR) is 82.6 cm³/mol. The van der Waals surface area contributed by atoms with Crippen LogP contribution in [0.3, 0.4) is 0 Å². The molecule has 0 aliphatic carbocycles. The number of aryl methyl sites for hydroxylation is 1. The Morgan fingerprint density at radius 1 is 1.30 bits per heavy atom. The van der Waals surface area contributed by atoms with Gasteiger partial charge in [0.2, 0.25) is 0 Å². The summed E-state index contributed by atoms with van der Waals surface area (Å²) >= 11 is 6.11. The molecule has 0 fully saturated rings. The summed E-state index contributed by atoms with van der Waals surface area (Å²) in [6, 6.07) is 9.81. The summed E-state index contributed by atoms with van der Waals surface area (Å²) in [5, 5.41) is 3.92. The van der Waals surface area contributed by atoms with Crippen LogP contribution in [0.25, 0.3) is 0 Å². The Hall–Kier alpha value is -1.58. The molecule has 0 bridgehead atoms. The van der Waals surface area contributed by atoms with Gasteiger partial charge in [-0.3, -0.25) is 4.98 Å². The monoisotopic (exact) mass is 290 g/mol. The lowest BCUT2D eigenvalue weighted by atomic mass is 10.2. The van der Waals surface area contributed by atoms with Crippen LogP contribution in [-0.2, 0) is 0 Å². The Morgan fingerprint density at radius 2 is 2.10 bits per heavy atom. The van der Waals surface area contributed by atoms with Crippen LogP contribution in [-0.4, -0.2) is 11.5 Å². The van der Waals surface area contributed by atoms with E-state index in [1.165, 1.54) is 0 Å². The van der Waals surface area contributed by atoms with Gasteiger partial charge in [0.05, 0.1) is 16.9 Å². The number of hydrogen-bond acceptors (Lipinski definition) is 3. The highest BCUT2D eigenvalue weighted by Gasteiger charge is 2.07. The van der Waals surface area contributed by atoms with Crippen molar-refractivity contribution in [1.29, 1.82) is 0 Å². The minimum Gasteiger partial charge on any atom is -0.454 e. The second-order valence-corrected chi connectivity index (χ2v) is 5.14. The third-order valence-electron chi connectivity index (χ3n) is 3.03. The van der Waals surface area contributed by atoms with Crippen LogP contribution in [0.4, 0.5) is 0 Å². The Balaban J connectivity index is 2.12. The Morgan fingerprint density at radius 3 is 2.75 bits per heavy atom. The van der Waals surface area contributed by atoms with E-state index in [9.17, 15) is 0 Å². The van der Waals surface area contributed by atoms with Crippen molar-refractivity contribution in [2.75, 3.05) is 6.54 Å². The maximum absolute atomic E-state index is 6.11. The number of nitrogens with zero attached hydrogens (tertiary/aromatic N) is 1. The average Bonchev–Trinajstić information content (AvgIpc) is 2.44. The number of ether oxygens (including phenoxy) is 1. The highest BCUT2D eigenvalue weighted by atomic mass is 35.5. The van der Waals surface area contributed by atoms with Gasteiger partial charge in [-0.15, -0.1) is 0 Å². The predicted octanol–water partition coefficient (Wildman–Crippen LogP) is 4.51. The topological polar surface area (TPSA) is 34.1 Å². The van der Waals surface area contributed by atoms with E-state index in [1.54, 1.807) is 6.20 Å². The maximum atomic E-state index is 6.11. The van der Waals surface area contributed by atoms with Crippen LogP contribution in [0.1, 0.15) is 31.1 Å². The van der Waals surface area contributed by atoms with Crippen molar-refractivity contribution in [3.63, 3.8) is 0 Å². The van der Waals surface area contributed by atoms with Gasteiger partial charge in [0.15, 0.2) is 0 Å².